The van der Waals surface area contributed by atoms with Gasteiger partial charge in [0.15, 0.2) is 12.4 Å². The Kier molecular flexibility index (Phi) is 5.05. The Labute approximate surface area is 125 Å². The number of halogens is 1. The van der Waals surface area contributed by atoms with Crippen LogP contribution in [0.3, 0.4) is 0 Å². The number of para-hydroxylation sites is 1. The van der Waals surface area contributed by atoms with Crippen LogP contribution in [0.5, 0.6) is 5.75 Å². The number of carboxylic acids is 1. The highest BCUT2D eigenvalue weighted by Gasteiger charge is 2.03. The molecule has 0 aliphatic heterocycles. The maximum Gasteiger partial charge on any atom is 0.341 e. The minimum Gasteiger partial charge on any atom is -0.481 e. The number of aliphatic carboxylic acids is 1. The van der Waals surface area contributed by atoms with Gasteiger partial charge in [0.1, 0.15) is 10.9 Å². The molecule has 8 heteroatoms. The van der Waals surface area contributed by atoms with Crippen LogP contribution in [-0.4, -0.2) is 33.9 Å². The van der Waals surface area contributed by atoms with Crippen LogP contribution in [0.25, 0.3) is 0 Å². The zero-order valence-corrected chi connectivity index (χ0v) is 11.5. The van der Waals surface area contributed by atoms with Gasteiger partial charge in [0, 0.05) is 5.56 Å². The fraction of sp³-hybridized carbons (Fsp3) is 0.0769. The molecule has 0 unspecified atom stereocenters. The highest BCUT2D eigenvalue weighted by molar-refractivity contribution is 6.29. The van der Waals surface area contributed by atoms with E-state index in [2.05, 4.69) is 20.5 Å². The van der Waals surface area contributed by atoms with Gasteiger partial charge in [0.25, 0.3) is 0 Å². The van der Waals surface area contributed by atoms with Crippen molar-refractivity contribution in [3.8, 4) is 5.75 Å². The van der Waals surface area contributed by atoms with Gasteiger partial charge in [-0.05, 0) is 12.1 Å². The molecule has 0 saturated carbocycles. The lowest BCUT2D eigenvalue weighted by Gasteiger charge is -2.06. The number of aromatic nitrogens is 2. The van der Waals surface area contributed by atoms with Crippen molar-refractivity contribution in [2.75, 3.05) is 12.0 Å². The van der Waals surface area contributed by atoms with Gasteiger partial charge in [-0.1, -0.05) is 23.7 Å². The minimum absolute atomic E-state index is 0.250. The molecule has 0 spiro atoms. The molecule has 0 fully saturated rings. The Hall–Kier alpha value is -2.67. The summed E-state index contributed by atoms with van der Waals surface area (Å²) in [5.41, 5.74) is 3.29. The molecule has 1 aromatic heterocycles. The van der Waals surface area contributed by atoms with Crippen LogP contribution in [-0.2, 0) is 4.79 Å². The predicted molar refractivity (Wildman–Crippen MR) is 77.8 cm³/mol. The van der Waals surface area contributed by atoms with Crippen molar-refractivity contribution in [3.05, 3.63) is 47.4 Å². The van der Waals surface area contributed by atoms with E-state index in [-0.39, 0.29) is 5.15 Å². The molecule has 7 nitrogen and oxygen atoms in total. The largest absolute Gasteiger partial charge is 0.481 e. The maximum absolute atomic E-state index is 10.5. The van der Waals surface area contributed by atoms with Crippen molar-refractivity contribution in [1.82, 2.24) is 9.97 Å². The first-order chi connectivity index (χ1) is 10.1. The van der Waals surface area contributed by atoms with Gasteiger partial charge in [-0.3, -0.25) is 10.4 Å². The summed E-state index contributed by atoms with van der Waals surface area (Å²) in [5.74, 6) is -0.237. The molecule has 1 aromatic carbocycles. The third-order valence-corrected chi connectivity index (χ3v) is 2.44. The first-order valence-corrected chi connectivity index (χ1v) is 6.23. The summed E-state index contributed by atoms with van der Waals surface area (Å²) in [5, 5.41) is 12.8. The summed E-state index contributed by atoms with van der Waals surface area (Å²) in [6.07, 6.45) is 4.36. The number of ether oxygens (including phenoxy) is 1. The van der Waals surface area contributed by atoms with Gasteiger partial charge in [-0.2, -0.15) is 5.10 Å². The fourth-order valence-electron chi connectivity index (χ4n) is 1.42. The average Bonchev–Trinajstić information content (AvgIpc) is 2.46. The SMILES string of the molecule is O=C(O)COc1ccccc1/C=N/Nc1cncc(Cl)n1. The summed E-state index contributed by atoms with van der Waals surface area (Å²) in [6, 6.07) is 6.92. The van der Waals surface area contributed by atoms with E-state index >= 15 is 0 Å². The number of anilines is 1. The quantitative estimate of drug-likeness (QED) is 0.626. The van der Waals surface area contributed by atoms with Crippen LogP contribution in [0.15, 0.2) is 41.8 Å². The second-order valence-electron chi connectivity index (χ2n) is 3.82. The van der Waals surface area contributed by atoms with Gasteiger partial charge < -0.3 is 9.84 Å². The number of benzene rings is 1. The second kappa shape index (κ2) is 7.20. The molecule has 21 heavy (non-hydrogen) atoms. The Morgan fingerprint density at radius 2 is 2.24 bits per heavy atom. The summed E-state index contributed by atoms with van der Waals surface area (Å²) < 4.78 is 5.15. The highest BCUT2D eigenvalue weighted by Crippen LogP contribution is 2.16. The topological polar surface area (TPSA) is 96.7 Å². The maximum atomic E-state index is 10.5. The smallest absolute Gasteiger partial charge is 0.341 e. The Morgan fingerprint density at radius 1 is 1.43 bits per heavy atom. The minimum atomic E-state index is -1.05. The molecule has 2 N–H and O–H groups in total. The highest BCUT2D eigenvalue weighted by atomic mass is 35.5. The van der Waals surface area contributed by atoms with Crippen LogP contribution in [0, 0.1) is 0 Å². The molecule has 0 atom stereocenters. The van der Waals surface area contributed by atoms with Crippen molar-refractivity contribution in [3.63, 3.8) is 0 Å². The lowest BCUT2D eigenvalue weighted by Crippen LogP contribution is -2.10. The van der Waals surface area contributed by atoms with E-state index in [0.717, 1.165) is 0 Å². The van der Waals surface area contributed by atoms with Crippen LogP contribution in [0.1, 0.15) is 5.56 Å². The molecule has 1 heterocycles. The Balaban J connectivity index is 2.05. The molecular formula is C13H11ClN4O3. The van der Waals surface area contributed by atoms with Crippen molar-refractivity contribution >= 4 is 29.6 Å². The molecule has 0 aliphatic carbocycles. The van der Waals surface area contributed by atoms with Gasteiger partial charge >= 0.3 is 5.97 Å². The molecule has 2 aromatic rings. The number of carbonyl (C=O) groups is 1. The number of nitrogens with one attached hydrogen (secondary N) is 1. The lowest BCUT2D eigenvalue weighted by molar-refractivity contribution is -0.139. The summed E-state index contributed by atoms with van der Waals surface area (Å²) >= 11 is 5.70. The Bertz CT molecular complexity index is 663. The molecule has 0 saturated heterocycles. The number of nitrogens with zero attached hydrogens (tertiary/aromatic N) is 3. The standard InChI is InChI=1S/C13H11ClN4O3/c14-11-6-15-7-12(17-11)18-16-5-9-3-1-2-4-10(9)21-8-13(19)20/h1-7H,8H2,(H,17,18)(H,19,20)/b16-5+. The van der Waals surface area contributed by atoms with Crippen LogP contribution in [0.2, 0.25) is 5.15 Å². The normalized spacial score (nSPS) is 10.5. The number of hydrogen-bond donors (Lipinski definition) is 2. The van der Waals surface area contributed by atoms with Crippen LogP contribution < -0.4 is 10.2 Å². The zero-order valence-electron chi connectivity index (χ0n) is 10.7. The van der Waals surface area contributed by atoms with Crippen LogP contribution >= 0.6 is 11.6 Å². The summed E-state index contributed by atoms with van der Waals surface area (Å²) in [6.45, 7) is -0.419. The third kappa shape index (κ3) is 4.73. The van der Waals surface area contributed by atoms with Crippen molar-refractivity contribution in [1.29, 1.82) is 0 Å². The van der Waals surface area contributed by atoms with E-state index in [1.165, 1.54) is 18.6 Å². The molecule has 2 rings (SSSR count). The summed E-state index contributed by atoms with van der Waals surface area (Å²) in [4.78, 5) is 18.3. The third-order valence-electron chi connectivity index (χ3n) is 2.26. The summed E-state index contributed by atoms with van der Waals surface area (Å²) in [7, 11) is 0. The van der Waals surface area contributed by atoms with Crippen molar-refractivity contribution in [2.24, 2.45) is 5.10 Å². The number of rotatable bonds is 6. The van der Waals surface area contributed by atoms with E-state index < -0.39 is 12.6 Å². The van der Waals surface area contributed by atoms with Crippen LogP contribution in [0.4, 0.5) is 5.82 Å². The van der Waals surface area contributed by atoms with Gasteiger partial charge in [0.2, 0.25) is 0 Å². The number of hydrazone groups is 1. The Morgan fingerprint density at radius 3 is 3.00 bits per heavy atom. The first kappa shape index (κ1) is 14.7. The van der Waals surface area contributed by atoms with Gasteiger partial charge in [-0.15, -0.1) is 0 Å². The van der Waals surface area contributed by atoms with E-state index in [0.29, 0.717) is 17.1 Å². The monoisotopic (exact) mass is 306 g/mol. The lowest BCUT2D eigenvalue weighted by atomic mass is 10.2. The first-order valence-electron chi connectivity index (χ1n) is 5.85. The van der Waals surface area contributed by atoms with Gasteiger partial charge in [0.05, 0.1) is 18.6 Å². The zero-order chi connectivity index (χ0) is 15.1. The van der Waals surface area contributed by atoms with E-state index in [9.17, 15) is 4.79 Å². The molecule has 0 amide bonds. The van der Waals surface area contributed by atoms with Gasteiger partial charge in [-0.25, -0.2) is 9.78 Å². The van der Waals surface area contributed by atoms with Crippen molar-refractivity contribution in [2.45, 2.75) is 0 Å². The molecule has 108 valence electrons. The number of hydrogen-bond acceptors (Lipinski definition) is 6. The van der Waals surface area contributed by atoms with E-state index in [4.69, 9.17) is 21.4 Å². The number of carboxylic acid groups (broad SMARTS) is 1. The second-order valence-corrected chi connectivity index (χ2v) is 4.20. The molecular weight excluding hydrogens is 296 g/mol. The van der Waals surface area contributed by atoms with Crippen molar-refractivity contribution < 1.29 is 14.6 Å². The average molecular weight is 307 g/mol. The van der Waals surface area contributed by atoms with E-state index in [1.807, 2.05) is 0 Å². The molecule has 0 radical (unpaired) electrons. The predicted octanol–water partition coefficient (Wildman–Crippen LogP) is 2.04. The molecule has 0 aliphatic rings. The molecule has 0 bridgehead atoms. The fourth-order valence-corrected chi connectivity index (χ4v) is 1.57. The van der Waals surface area contributed by atoms with E-state index in [1.54, 1.807) is 24.3 Å².